The minimum absolute atomic E-state index is 0.0987. The average Bonchev–Trinajstić information content (AvgIpc) is 2.37. The second-order valence-electron chi connectivity index (χ2n) is 4.21. The molecule has 0 fully saturated rings. The molecule has 0 saturated carbocycles. The number of nitrogens with two attached hydrogens (primary N) is 1. The molecule has 2 N–H and O–H groups in total. The van der Waals surface area contributed by atoms with E-state index in [0.29, 0.717) is 11.3 Å². The molecule has 4 heteroatoms. The molecular formula is C14H15N3O. The summed E-state index contributed by atoms with van der Waals surface area (Å²) in [5.41, 5.74) is 8.65. The molecule has 0 atom stereocenters. The highest BCUT2D eigenvalue weighted by atomic mass is 16.2. The van der Waals surface area contributed by atoms with Crippen molar-refractivity contribution < 1.29 is 4.79 Å². The number of aromatic nitrogens is 1. The molecular weight excluding hydrogens is 226 g/mol. The summed E-state index contributed by atoms with van der Waals surface area (Å²) < 4.78 is 0. The first-order valence-corrected chi connectivity index (χ1v) is 5.63. The Balaban J connectivity index is 2.31. The fourth-order valence-corrected chi connectivity index (χ4v) is 1.80. The van der Waals surface area contributed by atoms with Crippen LogP contribution < -0.4 is 10.6 Å². The number of anilines is 2. The van der Waals surface area contributed by atoms with Crippen LogP contribution in [0, 0.1) is 6.92 Å². The number of amides is 1. The molecule has 0 aliphatic heterocycles. The topological polar surface area (TPSA) is 59.2 Å². The van der Waals surface area contributed by atoms with Crippen LogP contribution in [0.1, 0.15) is 15.9 Å². The van der Waals surface area contributed by atoms with E-state index >= 15 is 0 Å². The molecule has 0 saturated heterocycles. The zero-order chi connectivity index (χ0) is 13.1. The van der Waals surface area contributed by atoms with Crippen molar-refractivity contribution >= 4 is 17.3 Å². The van der Waals surface area contributed by atoms with Gasteiger partial charge in [0.15, 0.2) is 0 Å². The molecule has 2 aromatic rings. The fraction of sp³-hybridized carbons (Fsp3) is 0.143. The monoisotopic (exact) mass is 241 g/mol. The molecule has 1 aromatic heterocycles. The standard InChI is InChI=1S/C14H15N3O/c1-10-6-11(8-12(15)7-10)14(18)17(2)13-4-3-5-16-9-13/h3-9H,15H2,1-2H3. The number of pyridine rings is 1. The van der Waals surface area contributed by atoms with Gasteiger partial charge in [0.1, 0.15) is 0 Å². The van der Waals surface area contributed by atoms with Gasteiger partial charge in [0.05, 0.1) is 11.9 Å². The normalized spacial score (nSPS) is 10.1. The van der Waals surface area contributed by atoms with Crippen molar-refractivity contribution in [3.8, 4) is 0 Å². The summed E-state index contributed by atoms with van der Waals surface area (Å²) in [7, 11) is 1.72. The number of carbonyl (C=O) groups excluding carboxylic acids is 1. The lowest BCUT2D eigenvalue weighted by Gasteiger charge is -2.17. The van der Waals surface area contributed by atoms with Crippen LogP contribution in [-0.4, -0.2) is 17.9 Å². The minimum atomic E-state index is -0.0987. The molecule has 1 heterocycles. The summed E-state index contributed by atoms with van der Waals surface area (Å²) in [5, 5.41) is 0. The second kappa shape index (κ2) is 4.87. The van der Waals surface area contributed by atoms with Gasteiger partial charge in [-0.3, -0.25) is 9.78 Å². The highest BCUT2D eigenvalue weighted by molar-refractivity contribution is 6.06. The Morgan fingerprint density at radius 2 is 2.11 bits per heavy atom. The summed E-state index contributed by atoms with van der Waals surface area (Å²) in [6.45, 7) is 1.91. The fourth-order valence-electron chi connectivity index (χ4n) is 1.80. The first-order chi connectivity index (χ1) is 8.58. The number of hydrogen-bond donors (Lipinski definition) is 1. The quantitative estimate of drug-likeness (QED) is 0.820. The number of aryl methyl sites for hydroxylation is 1. The van der Waals surface area contributed by atoms with Gasteiger partial charge in [-0.1, -0.05) is 0 Å². The van der Waals surface area contributed by atoms with Crippen molar-refractivity contribution in [2.24, 2.45) is 0 Å². The maximum absolute atomic E-state index is 12.3. The Kier molecular flexibility index (Phi) is 3.28. The van der Waals surface area contributed by atoms with Crippen LogP contribution in [0.3, 0.4) is 0 Å². The van der Waals surface area contributed by atoms with E-state index in [4.69, 9.17) is 5.73 Å². The minimum Gasteiger partial charge on any atom is -0.399 e. The van der Waals surface area contributed by atoms with Crippen LogP contribution in [0.5, 0.6) is 0 Å². The van der Waals surface area contributed by atoms with Crippen LogP contribution in [0.2, 0.25) is 0 Å². The Morgan fingerprint density at radius 1 is 1.33 bits per heavy atom. The van der Waals surface area contributed by atoms with E-state index in [2.05, 4.69) is 4.98 Å². The molecule has 92 valence electrons. The van der Waals surface area contributed by atoms with Gasteiger partial charge < -0.3 is 10.6 Å². The third kappa shape index (κ3) is 2.48. The van der Waals surface area contributed by atoms with Crippen LogP contribution in [0.15, 0.2) is 42.7 Å². The summed E-state index contributed by atoms with van der Waals surface area (Å²) in [6.07, 6.45) is 3.32. The molecule has 0 aliphatic rings. The van der Waals surface area contributed by atoms with Crippen LogP contribution in [-0.2, 0) is 0 Å². The number of rotatable bonds is 2. The maximum atomic E-state index is 12.3. The van der Waals surface area contributed by atoms with Gasteiger partial charge >= 0.3 is 0 Å². The molecule has 0 spiro atoms. The van der Waals surface area contributed by atoms with Crippen molar-refractivity contribution in [2.75, 3.05) is 17.7 Å². The molecule has 1 aromatic carbocycles. The lowest BCUT2D eigenvalue weighted by Crippen LogP contribution is -2.26. The van der Waals surface area contributed by atoms with E-state index in [-0.39, 0.29) is 5.91 Å². The third-order valence-electron chi connectivity index (χ3n) is 2.68. The first-order valence-electron chi connectivity index (χ1n) is 5.63. The Bertz CT molecular complexity index is 546. The molecule has 2 rings (SSSR count). The molecule has 0 unspecified atom stereocenters. The Labute approximate surface area is 106 Å². The summed E-state index contributed by atoms with van der Waals surface area (Å²) in [4.78, 5) is 17.8. The zero-order valence-corrected chi connectivity index (χ0v) is 10.4. The predicted molar refractivity (Wildman–Crippen MR) is 72.6 cm³/mol. The Morgan fingerprint density at radius 3 is 2.72 bits per heavy atom. The molecule has 0 radical (unpaired) electrons. The average molecular weight is 241 g/mol. The summed E-state index contributed by atoms with van der Waals surface area (Å²) in [6, 6.07) is 8.97. The van der Waals surface area contributed by atoms with E-state index in [0.717, 1.165) is 11.3 Å². The SMILES string of the molecule is Cc1cc(N)cc(C(=O)N(C)c2cccnc2)c1. The van der Waals surface area contributed by atoms with Crippen molar-refractivity contribution in [3.05, 3.63) is 53.9 Å². The van der Waals surface area contributed by atoms with E-state index in [1.165, 1.54) is 0 Å². The smallest absolute Gasteiger partial charge is 0.258 e. The van der Waals surface area contributed by atoms with Crippen molar-refractivity contribution in [1.82, 2.24) is 4.98 Å². The third-order valence-corrected chi connectivity index (χ3v) is 2.68. The van der Waals surface area contributed by atoms with Gasteiger partial charge in [0.2, 0.25) is 0 Å². The summed E-state index contributed by atoms with van der Waals surface area (Å²) >= 11 is 0. The van der Waals surface area contributed by atoms with Gasteiger partial charge in [-0.05, 0) is 42.8 Å². The Hall–Kier alpha value is -2.36. The second-order valence-corrected chi connectivity index (χ2v) is 4.21. The first kappa shape index (κ1) is 12.1. The summed E-state index contributed by atoms with van der Waals surface area (Å²) in [5.74, 6) is -0.0987. The van der Waals surface area contributed by atoms with Crippen LogP contribution in [0.4, 0.5) is 11.4 Å². The number of carbonyl (C=O) groups is 1. The molecule has 0 bridgehead atoms. The molecule has 1 amide bonds. The van der Waals surface area contributed by atoms with E-state index in [1.54, 1.807) is 36.5 Å². The van der Waals surface area contributed by atoms with E-state index in [1.807, 2.05) is 25.1 Å². The van der Waals surface area contributed by atoms with Crippen molar-refractivity contribution in [3.63, 3.8) is 0 Å². The van der Waals surface area contributed by atoms with Gasteiger partial charge in [0, 0.05) is 24.5 Å². The highest BCUT2D eigenvalue weighted by Crippen LogP contribution is 2.17. The van der Waals surface area contributed by atoms with Gasteiger partial charge in [-0.15, -0.1) is 0 Å². The lowest BCUT2D eigenvalue weighted by atomic mass is 10.1. The molecule has 18 heavy (non-hydrogen) atoms. The van der Waals surface area contributed by atoms with Crippen LogP contribution >= 0.6 is 0 Å². The molecule has 0 aliphatic carbocycles. The van der Waals surface area contributed by atoms with Crippen molar-refractivity contribution in [2.45, 2.75) is 6.92 Å². The van der Waals surface area contributed by atoms with Gasteiger partial charge in [0.25, 0.3) is 5.91 Å². The van der Waals surface area contributed by atoms with Gasteiger partial charge in [-0.25, -0.2) is 0 Å². The highest BCUT2D eigenvalue weighted by Gasteiger charge is 2.14. The maximum Gasteiger partial charge on any atom is 0.258 e. The number of nitrogen functional groups attached to an aromatic ring is 1. The number of benzene rings is 1. The number of hydrogen-bond acceptors (Lipinski definition) is 3. The van der Waals surface area contributed by atoms with Crippen LogP contribution in [0.25, 0.3) is 0 Å². The molecule has 4 nitrogen and oxygen atoms in total. The largest absolute Gasteiger partial charge is 0.399 e. The lowest BCUT2D eigenvalue weighted by molar-refractivity contribution is 0.0993. The van der Waals surface area contributed by atoms with E-state index < -0.39 is 0 Å². The van der Waals surface area contributed by atoms with Crippen molar-refractivity contribution in [1.29, 1.82) is 0 Å². The van der Waals surface area contributed by atoms with E-state index in [9.17, 15) is 4.79 Å². The number of nitrogens with zero attached hydrogens (tertiary/aromatic N) is 2. The predicted octanol–water partition coefficient (Wildman–Crippen LogP) is 2.25. The zero-order valence-electron chi connectivity index (χ0n) is 10.4. The van der Waals surface area contributed by atoms with Gasteiger partial charge in [-0.2, -0.15) is 0 Å².